The average Bonchev–Trinajstić information content (AvgIpc) is 2.69. The number of ether oxygens (including phenoxy) is 2. The molecule has 144 valence electrons. The van der Waals surface area contributed by atoms with Gasteiger partial charge in [-0.15, -0.1) is 0 Å². The molecule has 1 amide bonds. The zero-order valence-electron chi connectivity index (χ0n) is 15.4. The Labute approximate surface area is 161 Å². The molecule has 0 spiro atoms. The molecule has 0 atom stereocenters. The Balaban J connectivity index is 1.78. The van der Waals surface area contributed by atoms with Crippen molar-refractivity contribution in [3.63, 3.8) is 0 Å². The third-order valence-electron chi connectivity index (χ3n) is 4.00. The van der Waals surface area contributed by atoms with E-state index in [9.17, 15) is 14.4 Å². The maximum Gasteiger partial charge on any atom is 0.344 e. The number of hydrogen-bond donors (Lipinski definition) is 1. The fourth-order valence-corrected chi connectivity index (χ4v) is 2.76. The third kappa shape index (κ3) is 4.56. The van der Waals surface area contributed by atoms with Crippen molar-refractivity contribution in [2.45, 2.75) is 13.5 Å². The first kappa shape index (κ1) is 19.2. The molecule has 0 radical (unpaired) electrons. The number of pyridine rings is 1. The molecule has 7 heteroatoms. The molecule has 1 N–H and O–H groups in total. The fraction of sp³-hybridized carbons (Fsp3) is 0.190. The second-order valence-electron chi connectivity index (χ2n) is 5.97. The van der Waals surface area contributed by atoms with Crippen LogP contribution in [0.2, 0.25) is 0 Å². The predicted molar refractivity (Wildman–Crippen MR) is 105 cm³/mol. The van der Waals surface area contributed by atoms with Crippen molar-refractivity contribution < 1.29 is 19.1 Å². The molecular weight excluding hydrogens is 360 g/mol. The van der Waals surface area contributed by atoms with Gasteiger partial charge in [0.15, 0.2) is 6.61 Å². The van der Waals surface area contributed by atoms with Gasteiger partial charge in [0, 0.05) is 17.3 Å². The van der Waals surface area contributed by atoms with Gasteiger partial charge in [-0.1, -0.05) is 24.3 Å². The van der Waals surface area contributed by atoms with Gasteiger partial charge in [-0.05, 0) is 37.3 Å². The van der Waals surface area contributed by atoms with E-state index in [2.05, 4.69) is 5.32 Å². The molecule has 0 saturated carbocycles. The lowest BCUT2D eigenvalue weighted by Gasteiger charge is -2.11. The summed E-state index contributed by atoms with van der Waals surface area (Å²) in [6, 6.07) is 15.7. The summed E-state index contributed by atoms with van der Waals surface area (Å²) in [5.41, 5.74) is 0.346. The standard InChI is InChI=1S/C21H20N2O5/c1-2-27-20(25)14-28-18-10-6-9-17-16(18)11-12-23(21(17)26)13-19(24)22-15-7-4-3-5-8-15/h3-12H,2,13-14H2,1H3,(H,22,24). The third-order valence-corrected chi connectivity index (χ3v) is 4.00. The molecule has 0 aliphatic rings. The Bertz CT molecular complexity index is 1040. The van der Waals surface area contributed by atoms with Gasteiger partial charge in [0.25, 0.3) is 5.56 Å². The fourth-order valence-electron chi connectivity index (χ4n) is 2.76. The number of nitrogens with one attached hydrogen (secondary N) is 1. The highest BCUT2D eigenvalue weighted by Crippen LogP contribution is 2.23. The van der Waals surface area contributed by atoms with E-state index >= 15 is 0 Å². The Morgan fingerprint density at radius 2 is 1.79 bits per heavy atom. The second-order valence-corrected chi connectivity index (χ2v) is 5.97. The highest BCUT2D eigenvalue weighted by molar-refractivity contribution is 5.91. The Hall–Kier alpha value is -3.61. The molecule has 0 bridgehead atoms. The summed E-state index contributed by atoms with van der Waals surface area (Å²) in [6.45, 7) is 1.63. The molecule has 0 aliphatic carbocycles. The van der Waals surface area contributed by atoms with Gasteiger partial charge in [0.05, 0.1) is 12.0 Å². The van der Waals surface area contributed by atoms with Gasteiger partial charge < -0.3 is 19.4 Å². The number of anilines is 1. The van der Waals surface area contributed by atoms with Crippen LogP contribution in [0.3, 0.4) is 0 Å². The number of carbonyl (C=O) groups is 2. The van der Waals surface area contributed by atoms with Crippen LogP contribution in [0.4, 0.5) is 5.69 Å². The van der Waals surface area contributed by atoms with Crippen LogP contribution in [0.1, 0.15) is 6.92 Å². The Kier molecular flexibility index (Phi) is 6.06. The minimum Gasteiger partial charge on any atom is -0.481 e. The van der Waals surface area contributed by atoms with Crippen LogP contribution in [0.25, 0.3) is 10.8 Å². The summed E-state index contributed by atoms with van der Waals surface area (Å²) >= 11 is 0. The van der Waals surface area contributed by atoms with Crippen molar-refractivity contribution >= 4 is 28.3 Å². The largest absolute Gasteiger partial charge is 0.481 e. The minimum absolute atomic E-state index is 0.114. The number of benzene rings is 2. The lowest BCUT2D eigenvalue weighted by molar-refractivity contribution is -0.145. The first-order valence-corrected chi connectivity index (χ1v) is 8.84. The van der Waals surface area contributed by atoms with Gasteiger partial charge in [0.1, 0.15) is 12.3 Å². The zero-order valence-corrected chi connectivity index (χ0v) is 15.4. The number of hydrogen-bond acceptors (Lipinski definition) is 5. The van der Waals surface area contributed by atoms with E-state index in [1.54, 1.807) is 43.3 Å². The van der Waals surface area contributed by atoms with Crippen molar-refractivity contribution in [3.05, 3.63) is 71.1 Å². The molecule has 0 unspecified atom stereocenters. The quantitative estimate of drug-likeness (QED) is 0.637. The Morgan fingerprint density at radius 1 is 1.00 bits per heavy atom. The first-order chi connectivity index (χ1) is 13.6. The lowest BCUT2D eigenvalue weighted by atomic mass is 10.1. The smallest absolute Gasteiger partial charge is 0.344 e. The van der Waals surface area contributed by atoms with E-state index in [1.807, 2.05) is 18.2 Å². The number of aromatic nitrogens is 1. The maximum atomic E-state index is 12.7. The van der Waals surface area contributed by atoms with Gasteiger partial charge in [-0.3, -0.25) is 9.59 Å². The number of fused-ring (bicyclic) bond motifs is 1. The number of amides is 1. The van der Waals surface area contributed by atoms with Crippen LogP contribution < -0.4 is 15.6 Å². The summed E-state index contributed by atoms with van der Waals surface area (Å²) in [6.07, 6.45) is 1.53. The van der Waals surface area contributed by atoms with E-state index in [0.29, 0.717) is 22.2 Å². The van der Waals surface area contributed by atoms with Crippen LogP contribution in [0.15, 0.2) is 65.6 Å². The highest BCUT2D eigenvalue weighted by atomic mass is 16.6. The van der Waals surface area contributed by atoms with Crippen molar-refractivity contribution in [2.75, 3.05) is 18.5 Å². The van der Waals surface area contributed by atoms with E-state index in [-0.39, 0.29) is 31.2 Å². The molecule has 0 fully saturated rings. The van der Waals surface area contributed by atoms with Crippen LogP contribution in [0.5, 0.6) is 5.75 Å². The molecule has 0 saturated heterocycles. The molecule has 28 heavy (non-hydrogen) atoms. The summed E-state index contributed by atoms with van der Waals surface area (Å²) < 4.78 is 11.7. The van der Waals surface area contributed by atoms with Gasteiger partial charge in [-0.2, -0.15) is 0 Å². The van der Waals surface area contributed by atoms with Crippen LogP contribution in [0, 0.1) is 0 Å². The SMILES string of the molecule is CCOC(=O)COc1cccc2c(=O)n(CC(=O)Nc3ccccc3)ccc12. The number of para-hydroxylation sites is 1. The lowest BCUT2D eigenvalue weighted by Crippen LogP contribution is -2.27. The van der Waals surface area contributed by atoms with Crippen LogP contribution in [-0.4, -0.2) is 29.7 Å². The first-order valence-electron chi connectivity index (χ1n) is 8.84. The number of nitrogens with zero attached hydrogens (tertiary/aromatic N) is 1. The summed E-state index contributed by atoms with van der Waals surface area (Å²) in [5, 5.41) is 3.71. The summed E-state index contributed by atoms with van der Waals surface area (Å²) in [7, 11) is 0. The number of rotatable bonds is 7. The van der Waals surface area contributed by atoms with Gasteiger partial charge in [0.2, 0.25) is 5.91 Å². The summed E-state index contributed by atoms with van der Waals surface area (Å²) in [5.74, 6) is -0.378. The van der Waals surface area contributed by atoms with Crippen molar-refractivity contribution in [2.24, 2.45) is 0 Å². The normalized spacial score (nSPS) is 10.5. The van der Waals surface area contributed by atoms with Gasteiger partial charge >= 0.3 is 5.97 Å². The van der Waals surface area contributed by atoms with Crippen molar-refractivity contribution in [1.82, 2.24) is 4.57 Å². The van der Waals surface area contributed by atoms with Crippen molar-refractivity contribution in [3.8, 4) is 5.75 Å². The van der Waals surface area contributed by atoms with Gasteiger partial charge in [-0.25, -0.2) is 4.79 Å². The molecule has 0 aliphatic heterocycles. The molecule has 7 nitrogen and oxygen atoms in total. The van der Waals surface area contributed by atoms with E-state index in [0.717, 1.165) is 0 Å². The minimum atomic E-state index is -0.481. The molecule has 2 aromatic carbocycles. The number of carbonyl (C=O) groups excluding carboxylic acids is 2. The average molecular weight is 380 g/mol. The van der Waals surface area contributed by atoms with Crippen LogP contribution in [-0.2, 0) is 20.9 Å². The topological polar surface area (TPSA) is 86.6 Å². The maximum absolute atomic E-state index is 12.7. The van der Waals surface area contributed by atoms with E-state index < -0.39 is 5.97 Å². The van der Waals surface area contributed by atoms with Crippen molar-refractivity contribution in [1.29, 1.82) is 0 Å². The molecule has 3 aromatic rings. The number of esters is 1. The zero-order chi connectivity index (χ0) is 19.9. The molecule has 1 heterocycles. The molecular formula is C21H20N2O5. The summed E-state index contributed by atoms with van der Waals surface area (Å²) in [4.78, 5) is 36.5. The predicted octanol–water partition coefficient (Wildman–Crippen LogP) is 2.58. The van der Waals surface area contributed by atoms with E-state index in [1.165, 1.54) is 10.8 Å². The molecule has 1 aromatic heterocycles. The monoisotopic (exact) mass is 380 g/mol. The van der Waals surface area contributed by atoms with Crippen LogP contribution >= 0.6 is 0 Å². The highest BCUT2D eigenvalue weighted by Gasteiger charge is 2.11. The second kappa shape index (κ2) is 8.85. The Morgan fingerprint density at radius 3 is 2.54 bits per heavy atom. The molecule has 3 rings (SSSR count). The van der Waals surface area contributed by atoms with E-state index in [4.69, 9.17) is 9.47 Å².